The monoisotopic (exact) mass is 410 g/mol. The number of hydrogen-bond donors (Lipinski definition) is 2. The summed E-state index contributed by atoms with van der Waals surface area (Å²) in [5.74, 6) is 0.567. The van der Waals surface area contributed by atoms with E-state index in [0.717, 1.165) is 29.5 Å². The summed E-state index contributed by atoms with van der Waals surface area (Å²) in [6.07, 6.45) is 3.39. The first kappa shape index (κ1) is 19.4. The number of aromatic amines is 1. The molecule has 0 spiro atoms. The van der Waals surface area contributed by atoms with Crippen molar-refractivity contribution in [2.75, 3.05) is 5.32 Å². The van der Waals surface area contributed by atoms with Gasteiger partial charge < -0.3 is 15.2 Å². The minimum absolute atomic E-state index is 0.000769. The third-order valence-corrected chi connectivity index (χ3v) is 5.43. The van der Waals surface area contributed by atoms with Crippen LogP contribution in [0.2, 0.25) is 5.28 Å². The summed E-state index contributed by atoms with van der Waals surface area (Å²) in [6, 6.07) is 5.86. The van der Waals surface area contributed by atoms with Gasteiger partial charge in [0.25, 0.3) is 5.91 Å². The van der Waals surface area contributed by atoms with E-state index in [1.165, 1.54) is 6.33 Å². The zero-order valence-corrected chi connectivity index (χ0v) is 17.4. The predicted octanol–water partition coefficient (Wildman–Crippen LogP) is 4.24. The highest BCUT2D eigenvalue weighted by atomic mass is 35.5. The molecule has 150 valence electrons. The van der Waals surface area contributed by atoms with Crippen molar-refractivity contribution < 1.29 is 4.79 Å². The molecule has 1 aromatic carbocycles. The van der Waals surface area contributed by atoms with Crippen molar-refractivity contribution in [2.24, 2.45) is 0 Å². The molecule has 8 heteroatoms. The van der Waals surface area contributed by atoms with Crippen molar-refractivity contribution in [3.8, 4) is 0 Å². The summed E-state index contributed by atoms with van der Waals surface area (Å²) in [6.45, 7) is 10.1. The minimum atomic E-state index is -0.232. The van der Waals surface area contributed by atoms with E-state index < -0.39 is 0 Å². The fourth-order valence-electron chi connectivity index (χ4n) is 3.54. The third kappa shape index (κ3) is 3.70. The molecule has 2 aromatic heterocycles. The van der Waals surface area contributed by atoms with Crippen molar-refractivity contribution in [1.82, 2.24) is 24.8 Å². The van der Waals surface area contributed by atoms with Gasteiger partial charge in [0.1, 0.15) is 11.8 Å². The van der Waals surface area contributed by atoms with E-state index in [-0.39, 0.29) is 23.3 Å². The topological polar surface area (TPSA) is 86.8 Å². The highest BCUT2D eigenvalue weighted by Gasteiger charge is 2.37. The molecular weight excluding hydrogens is 388 g/mol. The number of H-pyrrole nitrogens is 1. The van der Waals surface area contributed by atoms with Crippen LogP contribution in [0.25, 0.3) is 11.2 Å². The summed E-state index contributed by atoms with van der Waals surface area (Å²) in [4.78, 5) is 30.8. The van der Waals surface area contributed by atoms with Gasteiger partial charge >= 0.3 is 0 Å². The van der Waals surface area contributed by atoms with E-state index in [1.807, 2.05) is 43.9 Å². The number of nitrogens with zero attached hydrogens (tertiary/aromatic N) is 4. The number of aryl methyl sites for hydroxylation is 2. The van der Waals surface area contributed by atoms with Gasteiger partial charge in [0.15, 0.2) is 11.5 Å². The van der Waals surface area contributed by atoms with Gasteiger partial charge in [-0.05, 0) is 56.3 Å². The van der Waals surface area contributed by atoms with Gasteiger partial charge in [0.05, 0.1) is 6.04 Å². The number of halogens is 1. The normalized spacial score (nSPS) is 14.6. The predicted molar refractivity (Wildman–Crippen MR) is 114 cm³/mol. The second-order valence-electron chi connectivity index (χ2n) is 7.48. The van der Waals surface area contributed by atoms with Gasteiger partial charge in [-0.15, -0.1) is 0 Å². The Hall–Kier alpha value is -2.93. The van der Waals surface area contributed by atoms with Crippen molar-refractivity contribution in [3.05, 3.63) is 58.8 Å². The zero-order valence-electron chi connectivity index (χ0n) is 16.7. The molecule has 1 amide bonds. The van der Waals surface area contributed by atoms with Crippen molar-refractivity contribution >= 4 is 34.5 Å². The summed E-state index contributed by atoms with van der Waals surface area (Å²) in [5.41, 5.74) is 4.50. The number of carbonyl (C=O) groups is 1. The Labute approximate surface area is 174 Å². The maximum absolute atomic E-state index is 13.5. The zero-order chi connectivity index (χ0) is 20.7. The summed E-state index contributed by atoms with van der Waals surface area (Å²) in [5, 5.41) is 3.57. The third-order valence-electron chi connectivity index (χ3n) is 5.25. The Bertz CT molecular complexity index is 1080. The molecule has 3 aromatic rings. The van der Waals surface area contributed by atoms with Gasteiger partial charge in [-0.3, -0.25) is 4.79 Å². The van der Waals surface area contributed by atoms with E-state index in [1.54, 1.807) is 0 Å². The lowest BCUT2D eigenvalue weighted by Crippen LogP contribution is -2.39. The highest BCUT2D eigenvalue weighted by Crippen LogP contribution is 2.34. The number of carbonyl (C=O) groups excluding carboxylic acids is 1. The van der Waals surface area contributed by atoms with Crippen LogP contribution in [0.4, 0.5) is 5.82 Å². The first-order valence-corrected chi connectivity index (χ1v) is 9.96. The molecule has 0 bridgehead atoms. The molecule has 29 heavy (non-hydrogen) atoms. The number of nitrogens with one attached hydrogen (secondary N) is 2. The Morgan fingerprint density at radius 2 is 2.00 bits per heavy atom. The Kier molecular flexibility index (Phi) is 5.00. The molecule has 2 heterocycles. The lowest BCUT2D eigenvalue weighted by molar-refractivity contribution is 0.0789. The van der Waals surface area contributed by atoms with Crippen LogP contribution >= 0.6 is 11.6 Å². The molecule has 2 N–H and O–H groups in total. The number of amides is 1. The van der Waals surface area contributed by atoms with E-state index in [2.05, 4.69) is 31.8 Å². The lowest BCUT2D eigenvalue weighted by atomic mass is 10.0. The second kappa shape index (κ2) is 7.48. The highest BCUT2D eigenvalue weighted by molar-refractivity contribution is 6.29. The molecule has 1 aliphatic rings. The van der Waals surface area contributed by atoms with Crippen LogP contribution in [-0.4, -0.2) is 42.8 Å². The molecule has 0 saturated heterocycles. The molecule has 4 rings (SSSR count). The number of aromatic nitrogens is 4. The number of imidazole rings is 1. The average Bonchev–Trinajstić information content (AvgIpc) is 3.41. The fraction of sp³-hybridized carbons (Fsp3) is 0.333. The number of fused-ring (bicyclic) bond motifs is 1. The fourth-order valence-corrected chi connectivity index (χ4v) is 3.72. The van der Waals surface area contributed by atoms with Crippen molar-refractivity contribution in [3.63, 3.8) is 0 Å². The van der Waals surface area contributed by atoms with E-state index in [4.69, 9.17) is 11.6 Å². The van der Waals surface area contributed by atoms with Crippen LogP contribution in [0, 0.1) is 13.8 Å². The van der Waals surface area contributed by atoms with Crippen LogP contribution < -0.4 is 5.32 Å². The van der Waals surface area contributed by atoms with Crippen LogP contribution in [-0.2, 0) is 0 Å². The van der Waals surface area contributed by atoms with Crippen LogP contribution in [0.5, 0.6) is 0 Å². The largest absolute Gasteiger partial charge is 0.360 e. The average molecular weight is 411 g/mol. The van der Waals surface area contributed by atoms with Gasteiger partial charge in [-0.25, -0.2) is 9.97 Å². The quantitative estimate of drug-likeness (QED) is 0.593. The maximum atomic E-state index is 13.5. The molecule has 0 unspecified atom stereocenters. The number of benzene rings is 1. The first-order chi connectivity index (χ1) is 13.9. The summed E-state index contributed by atoms with van der Waals surface area (Å²) in [7, 11) is 0. The molecule has 1 atom stereocenters. The van der Waals surface area contributed by atoms with E-state index >= 15 is 0 Å². The second-order valence-corrected chi connectivity index (χ2v) is 7.84. The number of hydrogen-bond acceptors (Lipinski definition) is 5. The van der Waals surface area contributed by atoms with E-state index in [9.17, 15) is 4.79 Å². The van der Waals surface area contributed by atoms with E-state index in [0.29, 0.717) is 22.7 Å². The number of anilines is 1. The Balaban J connectivity index is 1.61. The van der Waals surface area contributed by atoms with Gasteiger partial charge in [-0.2, -0.15) is 4.98 Å². The Morgan fingerprint density at radius 1 is 1.31 bits per heavy atom. The van der Waals surface area contributed by atoms with Crippen molar-refractivity contribution in [1.29, 1.82) is 0 Å². The Morgan fingerprint density at radius 3 is 2.66 bits per heavy atom. The van der Waals surface area contributed by atoms with Gasteiger partial charge in [0.2, 0.25) is 5.28 Å². The molecule has 0 radical (unpaired) electrons. The van der Waals surface area contributed by atoms with Gasteiger partial charge in [-0.1, -0.05) is 24.8 Å². The standard InChI is InChI=1S/C21H23ClN6O/c1-11-6-5-7-12(2)16(11)20(29)28(15-8-9-15)14(4)13(3)25-18-17-19(24-10-23-18)27-21(22)26-17/h5-7,10,13,15H,4,8-9H2,1-3H3,(H2,23,24,25,26,27)/t13-/m0/s1. The molecule has 1 aliphatic carbocycles. The SMILES string of the molecule is C=C([C@H](C)Nc1ncnc2nc(Cl)[nH]c12)N(C(=O)c1c(C)cccc1C)C1CC1. The molecule has 1 saturated carbocycles. The first-order valence-electron chi connectivity index (χ1n) is 9.58. The molecule has 0 aliphatic heterocycles. The summed E-state index contributed by atoms with van der Waals surface area (Å²) < 4.78 is 0. The minimum Gasteiger partial charge on any atom is -0.360 e. The van der Waals surface area contributed by atoms with Gasteiger partial charge in [0, 0.05) is 17.3 Å². The van der Waals surface area contributed by atoms with Crippen LogP contribution in [0.15, 0.2) is 36.8 Å². The lowest BCUT2D eigenvalue weighted by Gasteiger charge is -2.30. The molecule has 7 nitrogen and oxygen atoms in total. The number of rotatable bonds is 6. The molecular formula is C21H23ClN6O. The maximum Gasteiger partial charge on any atom is 0.258 e. The summed E-state index contributed by atoms with van der Waals surface area (Å²) >= 11 is 5.96. The molecule has 1 fully saturated rings. The smallest absolute Gasteiger partial charge is 0.258 e. The van der Waals surface area contributed by atoms with Crippen LogP contribution in [0.1, 0.15) is 41.3 Å². The van der Waals surface area contributed by atoms with Crippen molar-refractivity contribution in [2.45, 2.75) is 45.7 Å². The van der Waals surface area contributed by atoms with Crippen LogP contribution in [0.3, 0.4) is 0 Å².